The van der Waals surface area contributed by atoms with Gasteiger partial charge >= 0.3 is 0 Å². The molecule has 0 heterocycles. The molecule has 118 valence electrons. The minimum atomic E-state index is 0.0450. The van der Waals surface area contributed by atoms with E-state index in [9.17, 15) is 5.11 Å². The van der Waals surface area contributed by atoms with Crippen LogP contribution in [-0.4, -0.2) is 24.9 Å². The molecule has 0 aliphatic heterocycles. The van der Waals surface area contributed by atoms with Crippen molar-refractivity contribution in [1.29, 1.82) is 0 Å². The van der Waals surface area contributed by atoms with Crippen LogP contribution < -0.4 is 10.1 Å². The van der Waals surface area contributed by atoms with Crippen molar-refractivity contribution in [2.75, 3.05) is 25.1 Å². The number of benzene rings is 1. The summed E-state index contributed by atoms with van der Waals surface area (Å²) in [6.07, 6.45) is 5.99. The summed E-state index contributed by atoms with van der Waals surface area (Å²) in [7, 11) is 0. The van der Waals surface area contributed by atoms with E-state index in [1.807, 2.05) is 18.2 Å². The zero-order chi connectivity index (χ0) is 15.1. The molecule has 0 amide bonds. The fourth-order valence-corrected chi connectivity index (χ4v) is 2.97. The number of aliphatic hydroxyl groups is 1. The predicted molar refractivity (Wildman–Crippen MR) is 87.9 cm³/mol. The lowest BCUT2D eigenvalue weighted by Crippen LogP contribution is -2.35. The summed E-state index contributed by atoms with van der Waals surface area (Å²) in [6.45, 7) is 6.13. The molecule has 3 nitrogen and oxygen atoms in total. The first-order valence-corrected chi connectivity index (χ1v) is 8.22. The molecule has 2 N–H and O–H groups in total. The van der Waals surface area contributed by atoms with Crippen LogP contribution in [0, 0.1) is 11.3 Å². The van der Waals surface area contributed by atoms with Crippen LogP contribution in [0.5, 0.6) is 5.75 Å². The highest BCUT2D eigenvalue weighted by Crippen LogP contribution is 2.36. The van der Waals surface area contributed by atoms with Crippen molar-refractivity contribution >= 4 is 5.69 Å². The lowest BCUT2D eigenvalue weighted by atomic mass is 9.74. The van der Waals surface area contributed by atoms with E-state index in [0.717, 1.165) is 37.4 Å². The molecule has 1 fully saturated rings. The molecule has 3 heteroatoms. The maximum Gasteiger partial charge on any atom is 0.142 e. The lowest BCUT2D eigenvalue weighted by Gasteiger charge is -2.36. The first kappa shape index (κ1) is 16.2. The Morgan fingerprint density at radius 2 is 1.90 bits per heavy atom. The van der Waals surface area contributed by atoms with E-state index < -0.39 is 0 Å². The molecule has 1 aromatic rings. The van der Waals surface area contributed by atoms with Crippen molar-refractivity contribution in [2.45, 2.75) is 46.0 Å². The molecular formula is C18H29NO2. The Hall–Kier alpha value is -1.22. The molecule has 1 aliphatic rings. The Bertz CT molecular complexity index is 425. The van der Waals surface area contributed by atoms with Gasteiger partial charge in [-0.1, -0.05) is 45.2 Å². The number of ether oxygens (including phenoxy) is 1. The minimum Gasteiger partial charge on any atom is -0.491 e. The molecular weight excluding hydrogens is 262 g/mol. The van der Waals surface area contributed by atoms with Gasteiger partial charge in [-0.2, -0.15) is 0 Å². The van der Waals surface area contributed by atoms with Crippen LogP contribution in [0.3, 0.4) is 0 Å². The average Bonchev–Trinajstić information content (AvgIpc) is 2.52. The Kier molecular flexibility index (Phi) is 5.92. The second kappa shape index (κ2) is 7.69. The van der Waals surface area contributed by atoms with Crippen molar-refractivity contribution < 1.29 is 9.84 Å². The molecule has 0 spiro atoms. The molecule has 0 saturated heterocycles. The molecule has 2 rings (SSSR count). The Balaban J connectivity index is 1.98. The fourth-order valence-electron chi connectivity index (χ4n) is 2.97. The van der Waals surface area contributed by atoms with E-state index >= 15 is 0 Å². The van der Waals surface area contributed by atoms with Crippen LogP contribution in [0.2, 0.25) is 0 Å². The van der Waals surface area contributed by atoms with Crippen LogP contribution in [0.4, 0.5) is 5.69 Å². The van der Waals surface area contributed by atoms with Gasteiger partial charge in [0.05, 0.1) is 18.9 Å². The minimum absolute atomic E-state index is 0.0450. The quantitative estimate of drug-likeness (QED) is 0.795. The van der Waals surface area contributed by atoms with E-state index in [2.05, 4.69) is 25.2 Å². The first-order chi connectivity index (χ1) is 10.2. The highest BCUT2D eigenvalue weighted by atomic mass is 16.5. The third kappa shape index (κ3) is 4.63. The summed E-state index contributed by atoms with van der Waals surface area (Å²) in [5, 5.41) is 13.3. The maximum absolute atomic E-state index is 9.79. The molecule has 0 aromatic heterocycles. The van der Waals surface area contributed by atoms with Crippen LogP contribution in [0.1, 0.15) is 46.0 Å². The summed E-state index contributed by atoms with van der Waals surface area (Å²) in [4.78, 5) is 0. The SMILES string of the molecule is CC(C)COc1ccccc1NCC1(CO)CCCCC1. The normalized spacial score (nSPS) is 17.7. The van der Waals surface area contributed by atoms with E-state index in [0.29, 0.717) is 5.92 Å². The van der Waals surface area contributed by atoms with Gasteiger partial charge in [-0.15, -0.1) is 0 Å². The molecule has 0 atom stereocenters. The molecule has 0 bridgehead atoms. The van der Waals surface area contributed by atoms with Gasteiger partial charge in [0, 0.05) is 12.0 Å². The second-order valence-electron chi connectivity index (χ2n) is 6.77. The highest BCUT2D eigenvalue weighted by Gasteiger charge is 2.31. The zero-order valence-electron chi connectivity index (χ0n) is 13.4. The number of nitrogens with one attached hydrogen (secondary N) is 1. The maximum atomic E-state index is 9.79. The summed E-state index contributed by atoms with van der Waals surface area (Å²) < 4.78 is 5.88. The number of aliphatic hydroxyl groups excluding tert-OH is 1. The Morgan fingerprint density at radius 3 is 2.57 bits per heavy atom. The van der Waals surface area contributed by atoms with Crippen molar-refractivity contribution in [2.24, 2.45) is 11.3 Å². The number of para-hydroxylation sites is 2. The fraction of sp³-hybridized carbons (Fsp3) is 0.667. The molecule has 21 heavy (non-hydrogen) atoms. The average molecular weight is 291 g/mol. The van der Waals surface area contributed by atoms with Gasteiger partial charge in [-0.25, -0.2) is 0 Å². The van der Waals surface area contributed by atoms with Gasteiger partial charge in [-0.05, 0) is 30.9 Å². The summed E-state index contributed by atoms with van der Waals surface area (Å²) in [5.41, 5.74) is 1.08. The van der Waals surface area contributed by atoms with Crippen molar-refractivity contribution in [3.63, 3.8) is 0 Å². The van der Waals surface area contributed by atoms with Crippen LogP contribution in [-0.2, 0) is 0 Å². The van der Waals surface area contributed by atoms with Crippen molar-refractivity contribution in [1.82, 2.24) is 0 Å². The van der Waals surface area contributed by atoms with Crippen LogP contribution >= 0.6 is 0 Å². The third-order valence-corrected chi connectivity index (χ3v) is 4.36. The van der Waals surface area contributed by atoms with E-state index in [-0.39, 0.29) is 12.0 Å². The van der Waals surface area contributed by atoms with Gasteiger partial charge in [-0.3, -0.25) is 0 Å². The van der Waals surface area contributed by atoms with E-state index in [4.69, 9.17) is 4.74 Å². The molecule has 0 radical (unpaired) electrons. The molecule has 1 aliphatic carbocycles. The monoisotopic (exact) mass is 291 g/mol. The Labute approximate surface area is 128 Å². The molecule has 1 aromatic carbocycles. The smallest absolute Gasteiger partial charge is 0.142 e. The number of rotatable bonds is 7. The highest BCUT2D eigenvalue weighted by molar-refractivity contribution is 5.56. The van der Waals surface area contributed by atoms with Crippen molar-refractivity contribution in [3.05, 3.63) is 24.3 Å². The van der Waals surface area contributed by atoms with Crippen LogP contribution in [0.15, 0.2) is 24.3 Å². The predicted octanol–water partition coefficient (Wildman–Crippen LogP) is 4.08. The topological polar surface area (TPSA) is 41.5 Å². The van der Waals surface area contributed by atoms with Gasteiger partial charge in [0.2, 0.25) is 0 Å². The zero-order valence-corrected chi connectivity index (χ0v) is 13.4. The standard InChI is InChI=1S/C18H29NO2/c1-15(2)12-21-17-9-5-4-8-16(17)19-13-18(14-20)10-6-3-7-11-18/h4-5,8-9,15,19-20H,3,6-7,10-14H2,1-2H3. The van der Waals surface area contributed by atoms with Gasteiger partial charge in [0.25, 0.3) is 0 Å². The lowest BCUT2D eigenvalue weighted by molar-refractivity contribution is 0.0943. The van der Waals surface area contributed by atoms with Crippen LogP contribution in [0.25, 0.3) is 0 Å². The number of hydrogen-bond donors (Lipinski definition) is 2. The van der Waals surface area contributed by atoms with Gasteiger partial charge in [0.1, 0.15) is 5.75 Å². The van der Waals surface area contributed by atoms with Gasteiger partial charge in [0.15, 0.2) is 0 Å². The van der Waals surface area contributed by atoms with Crippen molar-refractivity contribution in [3.8, 4) is 5.75 Å². The number of anilines is 1. The molecule has 0 unspecified atom stereocenters. The second-order valence-corrected chi connectivity index (χ2v) is 6.77. The molecule has 1 saturated carbocycles. The summed E-state index contributed by atoms with van der Waals surface area (Å²) in [5.74, 6) is 1.43. The first-order valence-electron chi connectivity index (χ1n) is 8.22. The Morgan fingerprint density at radius 1 is 1.19 bits per heavy atom. The number of hydrogen-bond acceptors (Lipinski definition) is 3. The van der Waals surface area contributed by atoms with E-state index in [1.165, 1.54) is 19.3 Å². The third-order valence-electron chi connectivity index (χ3n) is 4.36. The summed E-state index contributed by atoms with van der Waals surface area (Å²) >= 11 is 0. The summed E-state index contributed by atoms with van der Waals surface area (Å²) in [6, 6.07) is 8.10. The largest absolute Gasteiger partial charge is 0.491 e. The van der Waals surface area contributed by atoms with E-state index in [1.54, 1.807) is 0 Å². The van der Waals surface area contributed by atoms with Gasteiger partial charge < -0.3 is 15.2 Å².